The van der Waals surface area contributed by atoms with Crippen molar-refractivity contribution in [1.29, 1.82) is 0 Å². The van der Waals surface area contributed by atoms with E-state index in [1.165, 1.54) is 4.90 Å². The number of benzene rings is 1. The predicted octanol–water partition coefficient (Wildman–Crippen LogP) is 2.52. The van der Waals surface area contributed by atoms with Gasteiger partial charge in [0.15, 0.2) is 0 Å². The van der Waals surface area contributed by atoms with Crippen LogP contribution in [0.25, 0.3) is 0 Å². The van der Waals surface area contributed by atoms with Crippen LogP contribution < -0.4 is 10.6 Å². The highest BCUT2D eigenvalue weighted by Crippen LogP contribution is 2.37. The molecule has 0 spiro atoms. The average Bonchev–Trinajstić information content (AvgIpc) is 2.48. The standard InChI is InChI=1S/C15H17ClN2O2S/c16-10-2-3-13-11(7-10)12(5-6-21-13)18-15(20)9-1-4-14(19)17-8-9/h2-3,7,9,12H,1,4-6,8H2,(H,17,19)(H,18,20). The van der Waals surface area contributed by atoms with Crippen LogP contribution in [-0.4, -0.2) is 24.1 Å². The maximum atomic E-state index is 12.4. The second-order valence-electron chi connectivity index (χ2n) is 5.42. The number of fused-ring (bicyclic) bond motifs is 1. The highest BCUT2D eigenvalue weighted by atomic mass is 35.5. The van der Waals surface area contributed by atoms with Crippen molar-refractivity contribution in [2.24, 2.45) is 5.92 Å². The Hall–Kier alpha value is -1.20. The van der Waals surface area contributed by atoms with Crippen LogP contribution >= 0.6 is 23.4 Å². The summed E-state index contributed by atoms with van der Waals surface area (Å²) in [4.78, 5) is 24.7. The van der Waals surface area contributed by atoms with Gasteiger partial charge in [-0.15, -0.1) is 11.8 Å². The van der Waals surface area contributed by atoms with Gasteiger partial charge in [-0.3, -0.25) is 9.59 Å². The lowest BCUT2D eigenvalue weighted by atomic mass is 9.96. The van der Waals surface area contributed by atoms with Crippen LogP contribution in [0.1, 0.15) is 30.9 Å². The minimum atomic E-state index is -0.125. The first kappa shape index (κ1) is 14.7. The fourth-order valence-electron chi connectivity index (χ4n) is 2.76. The summed E-state index contributed by atoms with van der Waals surface area (Å²) in [7, 11) is 0. The summed E-state index contributed by atoms with van der Waals surface area (Å²) in [6.07, 6.45) is 1.96. The Labute approximate surface area is 133 Å². The molecule has 1 aromatic rings. The normalized spacial score (nSPS) is 24.9. The Bertz CT molecular complexity index is 569. The number of hydrogen-bond donors (Lipinski definition) is 2. The third-order valence-electron chi connectivity index (χ3n) is 3.96. The van der Waals surface area contributed by atoms with Gasteiger partial charge in [0, 0.05) is 28.6 Å². The van der Waals surface area contributed by atoms with Gasteiger partial charge < -0.3 is 10.6 Å². The van der Waals surface area contributed by atoms with Gasteiger partial charge in [0.2, 0.25) is 11.8 Å². The van der Waals surface area contributed by atoms with E-state index in [2.05, 4.69) is 10.6 Å². The lowest BCUT2D eigenvalue weighted by molar-refractivity contribution is -0.129. The molecule has 0 aliphatic carbocycles. The van der Waals surface area contributed by atoms with Gasteiger partial charge in [-0.1, -0.05) is 11.6 Å². The number of carbonyl (C=O) groups excluding carboxylic acids is 2. The number of nitrogens with one attached hydrogen (secondary N) is 2. The molecule has 2 N–H and O–H groups in total. The molecule has 0 bridgehead atoms. The smallest absolute Gasteiger partial charge is 0.225 e. The summed E-state index contributed by atoms with van der Waals surface area (Å²) in [5.41, 5.74) is 1.10. The first-order valence-corrected chi connectivity index (χ1v) is 8.49. The van der Waals surface area contributed by atoms with Crippen LogP contribution in [0.2, 0.25) is 5.02 Å². The SMILES string of the molecule is O=C1CCC(C(=O)NC2CCSc3ccc(Cl)cc32)CN1. The van der Waals surface area contributed by atoms with Crippen molar-refractivity contribution >= 4 is 35.2 Å². The molecule has 1 fully saturated rings. The van der Waals surface area contributed by atoms with Crippen LogP contribution in [0.4, 0.5) is 0 Å². The zero-order chi connectivity index (χ0) is 14.8. The largest absolute Gasteiger partial charge is 0.355 e. The molecule has 2 amide bonds. The number of halogens is 1. The Kier molecular flexibility index (Phi) is 4.40. The summed E-state index contributed by atoms with van der Waals surface area (Å²) in [5, 5.41) is 6.57. The van der Waals surface area contributed by atoms with Crippen molar-refractivity contribution in [3.8, 4) is 0 Å². The molecular weight excluding hydrogens is 308 g/mol. The van der Waals surface area contributed by atoms with Crippen molar-refractivity contribution < 1.29 is 9.59 Å². The maximum absolute atomic E-state index is 12.4. The second kappa shape index (κ2) is 6.28. The number of hydrogen-bond acceptors (Lipinski definition) is 3. The van der Waals surface area contributed by atoms with Gasteiger partial charge in [-0.05, 0) is 36.6 Å². The number of piperidine rings is 1. The minimum absolute atomic E-state index is 0.0186. The van der Waals surface area contributed by atoms with E-state index in [0.29, 0.717) is 24.4 Å². The number of amides is 2. The van der Waals surface area contributed by atoms with Crippen molar-refractivity contribution in [3.05, 3.63) is 28.8 Å². The molecule has 2 heterocycles. The van der Waals surface area contributed by atoms with Crippen LogP contribution in [0.3, 0.4) is 0 Å². The fraction of sp³-hybridized carbons (Fsp3) is 0.467. The molecule has 3 rings (SSSR count). The fourth-order valence-corrected chi connectivity index (χ4v) is 4.05. The van der Waals surface area contributed by atoms with E-state index in [9.17, 15) is 9.59 Å². The molecule has 0 radical (unpaired) electrons. The monoisotopic (exact) mass is 324 g/mol. The first-order valence-electron chi connectivity index (χ1n) is 7.13. The lowest BCUT2D eigenvalue weighted by Crippen LogP contribution is -2.44. The van der Waals surface area contributed by atoms with Gasteiger partial charge in [0.1, 0.15) is 0 Å². The highest BCUT2D eigenvalue weighted by Gasteiger charge is 2.28. The number of rotatable bonds is 2. The zero-order valence-corrected chi connectivity index (χ0v) is 13.1. The van der Waals surface area contributed by atoms with Crippen LogP contribution in [0.5, 0.6) is 0 Å². The topological polar surface area (TPSA) is 58.2 Å². The van der Waals surface area contributed by atoms with E-state index >= 15 is 0 Å². The molecule has 1 aromatic carbocycles. The first-order chi connectivity index (χ1) is 10.1. The second-order valence-corrected chi connectivity index (χ2v) is 6.99. The Morgan fingerprint density at radius 3 is 3.00 bits per heavy atom. The predicted molar refractivity (Wildman–Crippen MR) is 83.4 cm³/mol. The molecule has 1 saturated heterocycles. The van der Waals surface area contributed by atoms with Crippen molar-refractivity contribution in [3.63, 3.8) is 0 Å². The molecule has 21 heavy (non-hydrogen) atoms. The molecular formula is C15H17ClN2O2S. The van der Waals surface area contributed by atoms with E-state index in [1.807, 2.05) is 18.2 Å². The Balaban J connectivity index is 1.70. The third-order valence-corrected chi connectivity index (χ3v) is 5.32. The van der Waals surface area contributed by atoms with Gasteiger partial charge in [0.05, 0.1) is 12.0 Å². The Morgan fingerprint density at radius 2 is 2.24 bits per heavy atom. The summed E-state index contributed by atoms with van der Waals surface area (Å²) in [6.45, 7) is 0.439. The molecule has 6 heteroatoms. The molecule has 4 nitrogen and oxygen atoms in total. The maximum Gasteiger partial charge on any atom is 0.225 e. The van der Waals surface area contributed by atoms with E-state index in [0.717, 1.165) is 17.7 Å². The minimum Gasteiger partial charge on any atom is -0.355 e. The molecule has 2 aliphatic heterocycles. The van der Waals surface area contributed by atoms with E-state index < -0.39 is 0 Å². The summed E-state index contributed by atoms with van der Waals surface area (Å²) in [5.74, 6) is 0.920. The van der Waals surface area contributed by atoms with Crippen molar-refractivity contribution in [2.45, 2.75) is 30.2 Å². The quantitative estimate of drug-likeness (QED) is 0.879. The lowest BCUT2D eigenvalue weighted by Gasteiger charge is -2.29. The Morgan fingerprint density at radius 1 is 1.38 bits per heavy atom. The number of carbonyl (C=O) groups is 2. The molecule has 2 aliphatic rings. The molecule has 2 unspecified atom stereocenters. The molecule has 0 aromatic heterocycles. The van der Waals surface area contributed by atoms with Gasteiger partial charge in [-0.25, -0.2) is 0 Å². The van der Waals surface area contributed by atoms with E-state index in [1.54, 1.807) is 11.8 Å². The van der Waals surface area contributed by atoms with Crippen LogP contribution in [0.15, 0.2) is 23.1 Å². The van der Waals surface area contributed by atoms with Gasteiger partial charge in [-0.2, -0.15) is 0 Å². The van der Waals surface area contributed by atoms with Crippen molar-refractivity contribution in [1.82, 2.24) is 10.6 Å². The molecule has 112 valence electrons. The molecule has 2 atom stereocenters. The zero-order valence-electron chi connectivity index (χ0n) is 11.5. The average molecular weight is 325 g/mol. The number of thioether (sulfide) groups is 1. The van der Waals surface area contributed by atoms with E-state index in [4.69, 9.17) is 11.6 Å². The van der Waals surface area contributed by atoms with E-state index in [-0.39, 0.29) is 23.8 Å². The van der Waals surface area contributed by atoms with Crippen molar-refractivity contribution in [2.75, 3.05) is 12.3 Å². The van der Waals surface area contributed by atoms with Crippen LogP contribution in [-0.2, 0) is 9.59 Å². The van der Waals surface area contributed by atoms with Gasteiger partial charge >= 0.3 is 0 Å². The van der Waals surface area contributed by atoms with Gasteiger partial charge in [0.25, 0.3) is 0 Å². The third kappa shape index (κ3) is 3.35. The van der Waals surface area contributed by atoms with Crippen LogP contribution in [0, 0.1) is 5.92 Å². The summed E-state index contributed by atoms with van der Waals surface area (Å²) in [6, 6.07) is 5.86. The molecule has 0 saturated carbocycles. The summed E-state index contributed by atoms with van der Waals surface area (Å²) >= 11 is 7.87. The highest BCUT2D eigenvalue weighted by molar-refractivity contribution is 7.99. The summed E-state index contributed by atoms with van der Waals surface area (Å²) < 4.78 is 0.